The molecule has 0 saturated heterocycles. The lowest BCUT2D eigenvalue weighted by molar-refractivity contribution is -0.384. The molecule has 2 rings (SSSR count). The van der Waals surface area contributed by atoms with E-state index in [2.05, 4.69) is 5.32 Å². The number of amides is 1. The third-order valence-corrected chi connectivity index (χ3v) is 4.25. The Balaban J connectivity index is 1.80. The first-order valence-electron chi connectivity index (χ1n) is 9.88. The molecule has 0 unspecified atom stereocenters. The van der Waals surface area contributed by atoms with Crippen molar-refractivity contribution in [3.05, 3.63) is 58.1 Å². The molecule has 32 heavy (non-hydrogen) atoms. The lowest BCUT2D eigenvalue weighted by Gasteiger charge is -2.08. The van der Waals surface area contributed by atoms with E-state index in [9.17, 15) is 24.5 Å². The van der Waals surface area contributed by atoms with Gasteiger partial charge in [0.2, 0.25) is 0 Å². The van der Waals surface area contributed by atoms with Gasteiger partial charge in [-0.15, -0.1) is 0 Å². The molecule has 2 aromatic rings. The van der Waals surface area contributed by atoms with Crippen molar-refractivity contribution in [3.63, 3.8) is 0 Å². The molecular weight excluding hydrogens is 420 g/mol. The average Bonchev–Trinajstić information content (AvgIpc) is 2.80. The summed E-state index contributed by atoms with van der Waals surface area (Å²) in [5.41, 5.74) is 0.0188. The molecule has 0 aliphatic rings. The van der Waals surface area contributed by atoms with Crippen molar-refractivity contribution >= 4 is 29.0 Å². The van der Waals surface area contributed by atoms with Crippen LogP contribution in [0.4, 0.5) is 11.4 Å². The van der Waals surface area contributed by atoms with E-state index in [0.29, 0.717) is 17.9 Å². The van der Waals surface area contributed by atoms with Crippen molar-refractivity contribution in [1.82, 2.24) is 0 Å². The molecule has 1 N–H and O–H groups in total. The van der Waals surface area contributed by atoms with Crippen LogP contribution >= 0.6 is 0 Å². The molecule has 0 fully saturated rings. The molecule has 0 bridgehead atoms. The Morgan fingerprint density at radius 1 is 1.03 bits per heavy atom. The first-order chi connectivity index (χ1) is 15.3. The molecule has 0 aromatic heterocycles. The van der Waals surface area contributed by atoms with Gasteiger partial charge in [-0.1, -0.05) is 6.92 Å². The molecular formula is C22H24N2O8. The van der Waals surface area contributed by atoms with Crippen LogP contribution in [0.2, 0.25) is 0 Å². The number of methoxy groups -OCH3 is 1. The number of esters is 1. The Hall–Kier alpha value is -3.95. The predicted octanol–water partition coefficient (Wildman–Crippen LogP) is 3.54. The number of nitro benzene ring substituents is 1. The molecule has 2 aromatic carbocycles. The lowest BCUT2D eigenvalue weighted by atomic mass is 10.1. The minimum absolute atomic E-state index is 0.0570. The summed E-state index contributed by atoms with van der Waals surface area (Å²) < 4.78 is 15.2. The lowest BCUT2D eigenvalue weighted by Crippen LogP contribution is -2.21. The number of carbonyl (C=O) groups excluding carboxylic acids is 3. The summed E-state index contributed by atoms with van der Waals surface area (Å²) in [5.74, 6) is -0.816. The Kier molecular flexibility index (Phi) is 9.15. The van der Waals surface area contributed by atoms with Crippen LogP contribution in [0.25, 0.3) is 0 Å². The molecule has 0 spiro atoms. The van der Waals surface area contributed by atoms with E-state index in [-0.39, 0.29) is 35.7 Å². The monoisotopic (exact) mass is 444 g/mol. The third-order valence-electron chi connectivity index (χ3n) is 4.25. The minimum Gasteiger partial charge on any atom is -0.496 e. The summed E-state index contributed by atoms with van der Waals surface area (Å²) in [7, 11) is 1.36. The number of nitrogens with zero attached hydrogens (tertiary/aromatic N) is 1. The maximum Gasteiger partial charge on any atom is 0.306 e. The summed E-state index contributed by atoms with van der Waals surface area (Å²) in [6, 6.07) is 10.5. The molecule has 0 aliphatic heterocycles. The molecule has 10 heteroatoms. The van der Waals surface area contributed by atoms with E-state index in [1.54, 1.807) is 24.3 Å². The second-order valence-corrected chi connectivity index (χ2v) is 6.65. The summed E-state index contributed by atoms with van der Waals surface area (Å²) in [6.07, 6.45) is 0.584. The van der Waals surface area contributed by atoms with Crippen LogP contribution in [0.1, 0.15) is 36.5 Å². The standard InChI is InChI=1S/C22H24N2O8/c1-3-12-31-16-6-4-15(5-7-16)20(25)10-11-22(27)32-14-21(26)23-18-9-8-17(30-2)13-19(18)24(28)29/h4-9,13H,3,10-12,14H2,1-2H3,(H,23,26). The van der Waals surface area contributed by atoms with Gasteiger partial charge in [0, 0.05) is 12.0 Å². The van der Waals surface area contributed by atoms with Gasteiger partial charge in [-0.05, 0) is 42.8 Å². The second-order valence-electron chi connectivity index (χ2n) is 6.65. The van der Waals surface area contributed by atoms with Crippen LogP contribution < -0.4 is 14.8 Å². The number of carbonyl (C=O) groups is 3. The molecule has 10 nitrogen and oxygen atoms in total. The summed E-state index contributed by atoms with van der Waals surface area (Å²) in [6.45, 7) is 1.93. The molecule has 0 aliphatic carbocycles. The van der Waals surface area contributed by atoms with Crippen molar-refractivity contribution in [2.45, 2.75) is 26.2 Å². The van der Waals surface area contributed by atoms with Crippen molar-refractivity contribution in [1.29, 1.82) is 0 Å². The van der Waals surface area contributed by atoms with Crippen LogP contribution in [0.3, 0.4) is 0 Å². The minimum atomic E-state index is -0.749. The number of ketones is 1. The number of benzene rings is 2. The van der Waals surface area contributed by atoms with E-state index in [4.69, 9.17) is 14.2 Å². The van der Waals surface area contributed by atoms with Crippen LogP contribution in [-0.4, -0.2) is 42.9 Å². The SMILES string of the molecule is CCCOc1ccc(C(=O)CCC(=O)OCC(=O)Nc2ccc(OC)cc2[N+](=O)[O-])cc1. The molecule has 0 heterocycles. The quantitative estimate of drug-likeness (QED) is 0.227. The highest BCUT2D eigenvalue weighted by molar-refractivity contribution is 5.98. The largest absolute Gasteiger partial charge is 0.496 e. The fourth-order valence-corrected chi connectivity index (χ4v) is 2.62. The first kappa shape index (κ1) is 24.3. The zero-order chi connectivity index (χ0) is 23.5. The van der Waals surface area contributed by atoms with Crippen molar-refractivity contribution in [3.8, 4) is 11.5 Å². The summed E-state index contributed by atoms with van der Waals surface area (Å²) >= 11 is 0. The fourth-order valence-electron chi connectivity index (χ4n) is 2.62. The highest BCUT2D eigenvalue weighted by Gasteiger charge is 2.18. The first-order valence-corrected chi connectivity index (χ1v) is 9.88. The number of hydrogen-bond donors (Lipinski definition) is 1. The normalized spacial score (nSPS) is 10.2. The van der Waals surface area contributed by atoms with E-state index in [1.165, 1.54) is 19.2 Å². The predicted molar refractivity (Wildman–Crippen MR) is 115 cm³/mol. The van der Waals surface area contributed by atoms with Gasteiger partial charge in [-0.2, -0.15) is 0 Å². The number of nitro groups is 1. The number of rotatable bonds is 12. The smallest absolute Gasteiger partial charge is 0.306 e. The van der Waals surface area contributed by atoms with E-state index >= 15 is 0 Å². The van der Waals surface area contributed by atoms with E-state index < -0.39 is 23.4 Å². The van der Waals surface area contributed by atoms with Crippen LogP contribution in [0, 0.1) is 10.1 Å². The second kappa shape index (κ2) is 12.0. The van der Waals surface area contributed by atoms with Crippen LogP contribution in [0.5, 0.6) is 11.5 Å². The van der Waals surface area contributed by atoms with Crippen molar-refractivity contribution in [2.75, 3.05) is 25.6 Å². The maximum atomic E-state index is 12.2. The number of hydrogen-bond acceptors (Lipinski definition) is 8. The molecule has 170 valence electrons. The van der Waals surface area contributed by atoms with E-state index in [1.807, 2.05) is 6.92 Å². The van der Waals surface area contributed by atoms with Gasteiger partial charge in [0.15, 0.2) is 12.4 Å². The Bertz CT molecular complexity index is 972. The Morgan fingerprint density at radius 3 is 2.34 bits per heavy atom. The number of ether oxygens (including phenoxy) is 3. The zero-order valence-electron chi connectivity index (χ0n) is 17.8. The van der Waals surface area contributed by atoms with Crippen molar-refractivity contribution in [2.24, 2.45) is 0 Å². The van der Waals surface area contributed by atoms with Crippen LogP contribution in [-0.2, 0) is 14.3 Å². The Labute approximate surface area is 184 Å². The van der Waals surface area contributed by atoms with Gasteiger partial charge in [0.1, 0.15) is 17.2 Å². The molecule has 0 radical (unpaired) electrons. The van der Waals surface area contributed by atoms with Gasteiger partial charge < -0.3 is 19.5 Å². The number of Topliss-reactive ketones (excluding diaryl/α,β-unsaturated/α-hetero) is 1. The summed E-state index contributed by atoms with van der Waals surface area (Å²) in [5, 5.41) is 13.5. The highest BCUT2D eigenvalue weighted by atomic mass is 16.6. The van der Waals surface area contributed by atoms with Gasteiger partial charge in [0.25, 0.3) is 11.6 Å². The van der Waals surface area contributed by atoms with Crippen LogP contribution in [0.15, 0.2) is 42.5 Å². The average molecular weight is 444 g/mol. The topological polar surface area (TPSA) is 134 Å². The molecule has 0 atom stereocenters. The number of anilines is 1. The zero-order valence-corrected chi connectivity index (χ0v) is 17.8. The van der Waals surface area contributed by atoms with Gasteiger partial charge in [0.05, 0.1) is 31.1 Å². The maximum absolute atomic E-state index is 12.2. The van der Waals surface area contributed by atoms with Gasteiger partial charge in [-0.25, -0.2) is 0 Å². The fraction of sp³-hybridized carbons (Fsp3) is 0.318. The highest BCUT2D eigenvalue weighted by Crippen LogP contribution is 2.28. The van der Waals surface area contributed by atoms with Gasteiger partial charge >= 0.3 is 5.97 Å². The Morgan fingerprint density at radius 2 is 1.72 bits per heavy atom. The van der Waals surface area contributed by atoms with Gasteiger partial charge in [-0.3, -0.25) is 24.5 Å². The van der Waals surface area contributed by atoms with E-state index in [0.717, 1.165) is 12.5 Å². The molecule has 0 saturated carbocycles. The molecule has 1 amide bonds. The number of nitrogens with one attached hydrogen (secondary N) is 1. The van der Waals surface area contributed by atoms with Crippen molar-refractivity contribution < 1.29 is 33.5 Å². The third kappa shape index (κ3) is 7.38. The summed E-state index contributed by atoms with van der Waals surface area (Å²) in [4.78, 5) is 46.5.